The number of pyridine rings is 3. The number of nitrogens with zero attached hydrogens (tertiary/aromatic N) is 3. The summed E-state index contributed by atoms with van der Waals surface area (Å²) in [6.07, 6.45) is 5.93. The Balaban J connectivity index is 0.00000525. The first kappa shape index (κ1) is 42.8. The molecular formula is C63H40IrN3. The predicted molar refractivity (Wildman–Crippen MR) is 271 cm³/mol. The van der Waals surface area contributed by atoms with Crippen molar-refractivity contribution in [3.63, 3.8) is 0 Å². The van der Waals surface area contributed by atoms with Crippen LogP contribution in [0.2, 0.25) is 0 Å². The average molecular weight is 1030 g/mol. The summed E-state index contributed by atoms with van der Waals surface area (Å²) < 4.78 is 0. The maximum Gasteiger partial charge on any atom is 3.00 e. The molecule has 3 aromatic heterocycles. The van der Waals surface area contributed by atoms with E-state index >= 15 is 0 Å². The summed E-state index contributed by atoms with van der Waals surface area (Å²) in [5.74, 6) is 0. The molecule has 0 aliphatic heterocycles. The van der Waals surface area contributed by atoms with Crippen LogP contribution in [0.3, 0.4) is 0 Å². The zero-order valence-electron chi connectivity index (χ0n) is 36.3. The second-order valence-electron chi connectivity index (χ2n) is 16.1. The molecule has 11 aromatic rings. The molecule has 0 unspecified atom stereocenters. The fraction of sp³-hybridized carbons (Fsp3) is 0. The van der Waals surface area contributed by atoms with Crippen LogP contribution in [0.15, 0.2) is 243 Å². The SMILES string of the molecule is [Ir+3].[c-]1ccccc1-c1ccc(-c2ccccc2-c2cc(-c3ccccc3-c3ccc(-c4[c-]cccc4)nc3)cc(-c3ccccc3-c3ccc(-c4[c-]ccc(-c5ccccc5)c4)nc3)c2)cn1. The molecule has 0 saturated heterocycles. The first-order valence-electron chi connectivity index (χ1n) is 22.1. The van der Waals surface area contributed by atoms with Gasteiger partial charge in [0.05, 0.1) is 0 Å². The second-order valence-corrected chi connectivity index (χ2v) is 16.1. The molecule has 0 radical (unpaired) electrons. The van der Waals surface area contributed by atoms with Crippen molar-refractivity contribution in [1.82, 2.24) is 15.0 Å². The molecule has 0 saturated carbocycles. The average Bonchev–Trinajstić information content (AvgIpc) is 3.42. The van der Waals surface area contributed by atoms with E-state index in [0.29, 0.717) is 0 Å². The van der Waals surface area contributed by atoms with Crippen molar-refractivity contribution in [3.05, 3.63) is 261 Å². The van der Waals surface area contributed by atoms with E-state index in [4.69, 9.17) is 15.0 Å². The summed E-state index contributed by atoms with van der Waals surface area (Å²) in [6.45, 7) is 0. The molecule has 0 N–H and O–H groups in total. The molecule has 0 amide bonds. The Hall–Kier alpha value is -8.14. The van der Waals surface area contributed by atoms with Crippen molar-refractivity contribution in [2.45, 2.75) is 0 Å². The van der Waals surface area contributed by atoms with Crippen molar-refractivity contribution in [2.24, 2.45) is 0 Å². The topological polar surface area (TPSA) is 38.7 Å². The Bertz CT molecular complexity index is 3280. The van der Waals surface area contributed by atoms with Gasteiger partial charge in [0.25, 0.3) is 0 Å². The maximum atomic E-state index is 5.02. The standard InChI is InChI=1S/C63H40N3.Ir/c1-4-17-44(18-5-1)47-23-16-24-48(37-47)63-36-33-51(43-66-63)57-27-12-15-30-60(57)54-39-52(58-28-13-10-25-55(58)49-31-34-61(64-41-49)45-19-6-2-7-20-45)38-53(40-54)59-29-14-11-26-56(59)50-32-35-62(65-42-50)46-21-8-3-9-22-46;/h1-19,21,23,25-43H;/q-3;+3. The van der Waals surface area contributed by atoms with Gasteiger partial charge in [0.15, 0.2) is 0 Å². The van der Waals surface area contributed by atoms with Crippen LogP contribution in [0.25, 0.3) is 112 Å². The molecule has 67 heavy (non-hydrogen) atoms. The second kappa shape index (κ2) is 19.5. The van der Waals surface area contributed by atoms with Crippen molar-refractivity contribution >= 4 is 0 Å². The van der Waals surface area contributed by atoms with Gasteiger partial charge in [-0.1, -0.05) is 140 Å². The van der Waals surface area contributed by atoms with Gasteiger partial charge in [0, 0.05) is 18.6 Å². The molecule has 4 heteroatoms. The van der Waals surface area contributed by atoms with Crippen LogP contribution in [0.4, 0.5) is 0 Å². The molecule has 0 bridgehead atoms. The van der Waals surface area contributed by atoms with Crippen LogP contribution in [0, 0.1) is 18.2 Å². The minimum Gasteiger partial charge on any atom is -0.304 e. The van der Waals surface area contributed by atoms with E-state index in [-0.39, 0.29) is 20.1 Å². The van der Waals surface area contributed by atoms with Crippen molar-refractivity contribution in [1.29, 1.82) is 0 Å². The Morgan fingerprint density at radius 1 is 0.239 bits per heavy atom. The number of benzene rings is 8. The van der Waals surface area contributed by atoms with Crippen LogP contribution in [0.1, 0.15) is 0 Å². The van der Waals surface area contributed by atoms with Crippen LogP contribution in [-0.2, 0) is 20.1 Å². The van der Waals surface area contributed by atoms with Gasteiger partial charge in [-0.05, 0) is 108 Å². The zero-order chi connectivity index (χ0) is 44.1. The molecule has 0 spiro atoms. The Morgan fingerprint density at radius 2 is 0.597 bits per heavy atom. The van der Waals surface area contributed by atoms with E-state index in [1.807, 2.05) is 79.3 Å². The van der Waals surface area contributed by atoms with Gasteiger partial charge >= 0.3 is 20.1 Å². The van der Waals surface area contributed by atoms with Gasteiger partial charge < -0.3 is 15.0 Å². The molecule has 0 aliphatic rings. The molecule has 8 aromatic carbocycles. The predicted octanol–water partition coefficient (Wildman–Crippen LogP) is 15.9. The minimum atomic E-state index is 0. The van der Waals surface area contributed by atoms with E-state index < -0.39 is 0 Å². The maximum absolute atomic E-state index is 5.02. The van der Waals surface area contributed by atoms with E-state index in [9.17, 15) is 0 Å². The van der Waals surface area contributed by atoms with Crippen LogP contribution < -0.4 is 0 Å². The monoisotopic (exact) mass is 1030 g/mol. The summed E-state index contributed by atoms with van der Waals surface area (Å²) in [5.41, 5.74) is 20.9. The van der Waals surface area contributed by atoms with E-state index in [0.717, 1.165) is 112 Å². The van der Waals surface area contributed by atoms with Crippen LogP contribution >= 0.6 is 0 Å². The molecule has 11 rings (SSSR count). The van der Waals surface area contributed by atoms with Gasteiger partial charge in [-0.15, -0.1) is 107 Å². The van der Waals surface area contributed by atoms with E-state index in [1.54, 1.807) is 0 Å². The molecule has 3 heterocycles. The molecule has 0 aliphatic carbocycles. The smallest absolute Gasteiger partial charge is 0.304 e. The summed E-state index contributed by atoms with van der Waals surface area (Å²) >= 11 is 0. The fourth-order valence-corrected chi connectivity index (χ4v) is 8.72. The quantitative estimate of drug-likeness (QED) is 0.128. The fourth-order valence-electron chi connectivity index (χ4n) is 8.72. The first-order valence-corrected chi connectivity index (χ1v) is 22.1. The number of aromatic nitrogens is 3. The van der Waals surface area contributed by atoms with Crippen molar-refractivity contribution in [2.75, 3.05) is 0 Å². The van der Waals surface area contributed by atoms with Gasteiger partial charge in [0.2, 0.25) is 0 Å². The third-order valence-electron chi connectivity index (χ3n) is 12.0. The molecule has 3 nitrogen and oxygen atoms in total. The minimum absolute atomic E-state index is 0. The van der Waals surface area contributed by atoms with Crippen LogP contribution in [-0.4, -0.2) is 15.0 Å². The summed E-state index contributed by atoms with van der Waals surface area (Å²) in [4.78, 5) is 14.8. The van der Waals surface area contributed by atoms with Crippen molar-refractivity contribution < 1.29 is 20.1 Å². The van der Waals surface area contributed by atoms with E-state index in [1.165, 1.54) is 0 Å². The first-order chi connectivity index (χ1) is 32.7. The van der Waals surface area contributed by atoms with Gasteiger partial charge in [0.1, 0.15) is 0 Å². The number of hydrogen-bond donors (Lipinski definition) is 0. The van der Waals surface area contributed by atoms with Gasteiger partial charge in [-0.2, -0.15) is 0 Å². The summed E-state index contributed by atoms with van der Waals surface area (Å²) in [7, 11) is 0. The summed E-state index contributed by atoms with van der Waals surface area (Å²) in [5, 5.41) is 0. The molecule has 316 valence electrons. The van der Waals surface area contributed by atoms with E-state index in [2.05, 4.69) is 182 Å². The molecular weight excluding hydrogens is 991 g/mol. The summed E-state index contributed by atoms with van der Waals surface area (Å²) in [6, 6.07) is 88.2. The number of hydrogen-bond acceptors (Lipinski definition) is 3. The molecule has 0 atom stereocenters. The molecule has 0 fully saturated rings. The van der Waals surface area contributed by atoms with Crippen molar-refractivity contribution in [3.8, 4) is 112 Å². The third kappa shape index (κ3) is 9.10. The van der Waals surface area contributed by atoms with Crippen LogP contribution in [0.5, 0.6) is 0 Å². The Kier molecular flexibility index (Phi) is 12.5. The van der Waals surface area contributed by atoms with Gasteiger partial charge in [-0.3, -0.25) is 0 Å². The Morgan fingerprint density at radius 3 is 0.970 bits per heavy atom. The number of rotatable bonds is 10. The Labute approximate surface area is 405 Å². The normalized spacial score (nSPS) is 10.9. The van der Waals surface area contributed by atoms with Gasteiger partial charge in [-0.25, -0.2) is 0 Å². The largest absolute Gasteiger partial charge is 3.00 e. The zero-order valence-corrected chi connectivity index (χ0v) is 38.7. The third-order valence-corrected chi connectivity index (χ3v) is 12.0.